The number of hydrogen-bond donors (Lipinski definition) is 0. The second kappa shape index (κ2) is 10.4. The highest BCUT2D eigenvalue weighted by atomic mass is 15.2. The molecule has 1 saturated carbocycles. The minimum Gasteiger partial charge on any atom is -0.298 e. The number of nitrogens with zero attached hydrogens (tertiary/aromatic N) is 2. The van der Waals surface area contributed by atoms with E-state index in [0.29, 0.717) is 5.92 Å². The van der Waals surface area contributed by atoms with Crippen LogP contribution < -0.4 is 0 Å². The molecule has 1 aliphatic heterocycles. The van der Waals surface area contributed by atoms with Crippen LogP contribution in [-0.4, -0.2) is 24.0 Å². The lowest BCUT2D eigenvalue weighted by Gasteiger charge is -2.43. The molecule has 0 aromatic rings. The van der Waals surface area contributed by atoms with Gasteiger partial charge in [0.2, 0.25) is 0 Å². The van der Waals surface area contributed by atoms with E-state index in [1.165, 1.54) is 32.1 Å². The summed E-state index contributed by atoms with van der Waals surface area (Å²) >= 11 is 0. The zero-order valence-corrected chi connectivity index (χ0v) is 13.1. The van der Waals surface area contributed by atoms with E-state index in [0.717, 1.165) is 25.0 Å². The molecule has 106 valence electrons. The van der Waals surface area contributed by atoms with Crippen LogP contribution in [0.4, 0.5) is 0 Å². The van der Waals surface area contributed by atoms with Crippen LogP contribution in [-0.2, 0) is 0 Å². The van der Waals surface area contributed by atoms with E-state index in [2.05, 4.69) is 31.7 Å². The summed E-state index contributed by atoms with van der Waals surface area (Å²) < 4.78 is 0. The van der Waals surface area contributed by atoms with Crippen molar-refractivity contribution in [2.75, 3.05) is 13.1 Å². The standard InChI is InChI=1S/C10H16N2.C4H10.C2H6/c11-6-9-7-12(8-9)10-4-2-1-3-5-10;1-4(2)3;1-2/h9-10H,1-5,7-8H2;4H,1-3H3;1-2H3. The molecule has 0 atom stereocenters. The van der Waals surface area contributed by atoms with Crippen LogP contribution in [0.3, 0.4) is 0 Å². The van der Waals surface area contributed by atoms with Gasteiger partial charge in [0.25, 0.3) is 0 Å². The Morgan fingerprint density at radius 2 is 1.44 bits per heavy atom. The van der Waals surface area contributed by atoms with Crippen LogP contribution in [0.1, 0.15) is 66.7 Å². The van der Waals surface area contributed by atoms with Crippen molar-refractivity contribution in [2.45, 2.75) is 72.8 Å². The number of hydrogen-bond acceptors (Lipinski definition) is 2. The molecule has 2 rings (SSSR count). The van der Waals surface area contributed by atoms with Gasteiger partial charge in [-0.05, 0) is 18.8 Å². The fourth-order valence-corrected chi connectivity index (χ4v) is 2.34. The van der Waals surface area contributed by atoms with Crippen LogP contribution in [0.15, 0.2) is 0 Å². The Kier molecular flexibility index (Phi) is 10.1. The Bertz CT molecular complexity index is 215. The van der Waals surface area contributed by atoms with Crippen molar-refractivity contribution in [2.24, 2.45) is 11.8 Å². The van der Waals surface area contributed by atoms with Gasteiger partial charge in [0, 0.05) is 19.1 Å². The second-order valence-electron chi connectivity index (χ2n) is 5.80. The summed E-state index contributed by atoms with van der Waals surface area (Å²) in [6.45, 7) is 12.6. The smallest absolute Gasteiger partial charge is 0.0717 e. The largest absolute Gasteiger partial charge is 0.298 e. The van der Waals surface area contributed by atoms with Gasteiger partial charge in [0.1, 0.15) is 0 Å². The molecule has 0 amide bonds. The summed E-state index contributed by atoms with van der Waals surface area (Å²) in [5.41, 5.74) is 0. The van der Waals surface area contributed by atoms with Crippen LogP contribution in [0.2, 0.25) is 0 Å². The molecule has 2 nitrogen and oxygen atoms in total. The Labute approximate surface area is 114 Å². The van der Waals surface area contributed by atoms with Crippen LogP contribution >= 0.6 is 0 Å². The fraction of sp³-hybridized carbons (Fsp3) is 0.938. The zero-order chi connectivity index (χ0) is 14.0. The molecule has 0 aromatic carbocycles. The molecular formula is C16H32N2. The van der Waals surface area contributed by atoms with Crippen molar-refractivity contribution in [1.29, 1.82) is 5.26 Å². The van der Waals surface area contributed by atoms with Gasteiger partial charge in [-0.2, -0.15) is 5.26 Å². The van der Waals surface area contributed by atoms with Gasteiger partial charge in [0.05, 0.1) is 12.0 Å². The number of likely N-dealkylation sites (tertiary alicyclic amines) is 1. The highest BCUT2D eigenvalue weighted by Crippen LogP contribution is 2.27. The van der Waals surface area contributed by atoms with Crippen LogP contribution in [0.25, 0.3) is 0 Å². The van der Waals surface area contributed by atoms with Crippen LogP contribution in [0, 0.1) is 23.2 Å². The summed E-state index contributed by atoms with van der Waals surface area (Å²) in [7, 11) is 0. The van der Waals surface area contributed by atoms with Crippen molar-refractivity contribution < 1.29 is 0 Å². The first-order valence-electron chi connectivity index (χ1n) is 7.77. The average Bonchev–Trinajstić information content (AvgIpc) is 2.31. The monoisotopic (exact) mass is 252 g/mol. The van der Waals surface area contributed by atoms with Gasteiger partial charge >= 0.3 is 0 Å². The molecule has 1 aliphatic carbocycles. The minimum absolute atomic E-state index is 0.340. The number of rotatable bonds is 1. The Balaban J connectivity index is 0.000000415. The van der Waals surface area contributed by atoms with E-state index in [1.54, 1.807) is 0 Å². The number of nitriles is 1. The Morgan fingerprint density at radius 1 is 1.00 bits per heavy atom. The summed E-state index contributed by atoms with van der Waals surface area (Å²) in [5.74, 6) is 1.17. The van der Waals surface area contributed by atoms with Gasteiger partial charge < -0.3 is 0 Å². The fourth-order valence-electron chi connectivity index (χ4n) is 2.34. The Hall–Kier alpha value is -0.550. The SMILES string of the molecule is CC.CC(C)C.N#CC1CN(C2CCCCC2)C1. The summed E-state index contributed by atoms with van der Waals surface area (Å²) in [5, 5.41) is 8.63. The van der Waals surface area contributed by atoms with Gasteiger partial charge in [0.15, 0.2) is 0 Å². The van der Waals surface area contributed by atoms with E-state index in [4.69, 9.17) is 5.26 Å². The maximum atomic E-state index is 8.63. The molecule has 0 radical (unpaired) electrons. The molecule has 0 bridgehead atoms. The normalized spacial score (nSPS) is 20.9. The minimum atomic E-state index is 0.340. The molecule has 0 aromatic heterocycles. The molecule has 1 saturated heterocycles. The topological polar surface area (TPSA) is 27.0 Å². The second-order valence-corrected chi connectivity index (χ2v) is 5.80. The van der Waals surface area contributed by atoms with E-state index >= 15 is 0 Å². The lowest BCUT2D eigenvalue weighted by Crippen LogP contribution is -2.52. The van der Waals surface area contributed by atoms with E-state index in [-0.39, 0.29) is 0 Å². The molecule has 2 heteroatoms. The summed E-state index contributed by atoms with van der Waals surface area (Å²) in [6, 6.07) is 3.15. The van der Waals surface area contributed by atoms with Crippen molar-refractivity contribution in [3.05, 3.63) is 0 Å². The molecule has 0 spiro atoms. The first-order valence-corrected chi connectivity index (χ1v) is 7.77. The molecule has 18 heavy (non-hydrogen) atoms. The molecule has 0 unspecified atom stereocenters. The first-order chi connectivity index (χ1) is 8.63. The third-order valence-corrected chi connectivity index (χ3v) is 3.18. The van der Waals surface area contributed by atoms with Crippen molar-refractivity contribution >= 4 is 0 Å². The Morgan fingerprint density at radius 3 is 1.83 bits per heavy atom. The van der Waals surface area contributed by atoms with Crippen molar-refractivity contribution in [1.82, 2.24) is 4.90 Å². The maximum absolute atomic E-state index is 8.63. The molecular weight excluding hydrogens is 220 g/mol. The maximum Gasteiger partial charge on any atom is 0.0717 e. The van der Waals surface area contributed by atoms with E-state index in [9.17, 15) is 0 Å². The highest BCUT2D eigenvalue weighted by Gasteiger charge is 2.32. The van der Waals surface area contributed by atoms with Crippen molar-refractivity contribution in [3.63, 3.8) is 0 Å². The molecule has 1 heterocycles. The average molecular weight is 252 g/mol. The third-order valence-electron chi connectivity index (χ3n) is 3.18. The molecule has 0 N–H and O–H groups in total. The summed E-state index contributed by atoms with van der Waals surface area (Å²) in [4.78, 5) is 2.49. The van der Waals surface area contributed by atoms with E-state index < -0.39 is 0 Å². The van der Waals surface area contributed by atoms with Gasteiger partial charge in [-0.15, -0.1) is 0 Å². The van der Waals surface area contributed by atoms with E-state index in [1.807, 2.05) is 13.8 Å². The third kappa shape index (κ3) is 7.01. The predicted octanol–water partition coefficient (Wildman–Crippen LogP) is 4.46. The lowest BCUT2D eigenvalue weighted by atomic mass is 9.89. The zero-order valence-electron chi connectivity index (χ0n) is 13.1. The lowest BCUT2D eigenvalue weighted by molar-refractivity contribution is 0.0594. The molecule has 2 aliphatic rings. The van der Waals surface area contributed by atoms with Gasteiger partial charge in [-0.25, -0.2) is 0 Å². The highest BCUT2D eigenvalue weighted by molar-refractivity contribution is 4.97. The molecule has 2 fully saturated rings. The van der Waals surface area contributed by atoms with Gasteiger partial charge in [-0.1, -0.05) is 53.9 Å². The van der Waals surface area contributed by atoms with Crippen LogP contribution in [0.5, 0.6) is 0 Å². The van der Waals surface area contributed by atoms with Crippen molar-refractivity contribution in [3.8, 4) is 6.07 Å². The predicted molar refractivity (Wildman–Crippen MR) is 79.4 cm³/mol. The quantitative estimate of drug-likeness (QED) is 0.689. The van der Waals surface area contributed by atoms with Gasteiger partial charge in [-0.3, -0.25) is 4.90 Å². The summed E-state index contributed by atoms with van der Waals surface area (Å²) in [6.07, 6.45) is 6.97. The first kappa shape index (κ1) is 17.4.